The van der Waals surface area contributed by atoms with E-state index in [1.165, 1.54) is 43.4 Å². The van der Waals surface area contributed by atoms with E-state index >= 15 is 0 Å². The third-order valence-corrected chi connectivity index (χ3v) is 5.15. The summed E-state index contributed by atoms with van der Waals surface area (Å²) in [6, 6.07) is 17.9. The summed E-state index contributed by atoms with van der Waals surface area (Å²) in [5.74, 6) is 0.916. The number of amidine groups is 1. The van der Waals surface area contributed by atoms with Gasteiger partial charge in [0, 0.05) is 24.8 Å². The third-order valence-electron chi connectivity index (χ3n) is 5.15. The second-order valence-electron chi connectivity index (χ2n) is 7.96. The first-order valence-electron chi connectivity index (χ1n) is 11.8. The number of nitrogens with two attached hydrogens (primary N) is 1. The summed E-state index contributed by atoms with van der Waals surface area (Å²) in [5, 5.41) is 3.31. The van der Waals surface area contributed by atoms with E-state index in [0.29, 0.717) is 5.92 Å². The molecule has 1 atom stereocenters. The Bertz CT molecular complexity index is 909. The lowest BCUT2D eigenvalue weighted by molar-refractivity contribution is 0.653. The van der Waals surface area contributed by atoms with Gasteiger partial charge in [-0.2, -0.15) is 0 Å². The fourth-order valence-corrected chi connectivity index (χ4v) is 3.01. The van der Waals surface area contributed by atoms with E-state index < -0.39 is 0 Å². The molecule has 0 bridgehead atoms. The van der Waals surface area contributed by atoms with Crippen molar-refractivity contribution in [2.45, 2.75) is 53.0 Å². The van der Waals surface area contributed by atoms with Crippen molar-refractivity contribution in [2.24, 2.45) is 10.9 Å². The predicted molar refractivity (Wildman–Crippen MR) is 143 cm³/mol. The number of para-hydroxylation sites is 1. The molecular formula is C29H40FN3. The molecule has 0 aromatic heterocycles. The molecule has 0 saturated heterocycles. The summed E-state index contributed by atoms with van der Waals surface area (Å²) < 4.78 is 12.3. The largest absolute Gasteiger partial charge is 0.398 e. The van der Waals surface area contributed by atoms with Gasteiger partial charge in [0.15, 0.2) is 0 Å². The quantitative estimate of drug-likeness (QED) is 0.206. The van der Waals surface area contributed by atoms with Crippen LogP contribution in [0, 0.1) is 5.92 Å². The number of anilines is 1. The van der Waals surface area contributed by atoms with Crippen molar-refractivity contribution in [3.63, 3.8) is 0 Å². The van der Waals surface area contributed by atoms with E-state index in [-0.39, 0.29) is 5.83 Å². The molecule has 4 heteroatoms. The molecule has 3 nitrogen and oxygen atoms in total. The fraction of sp³-hybridized carbons (Fsp3) is 0.345. The standard InChI is InChI=1S/C15H17N3.C8H9F.C6H14/c1-17-15(13-9-5-6-10-14(13)16)18-11-12-7-3-2-4-8-12;1-6-3-4-8(9)5-7(6)2;1-3-5-6-4-2/h2-10H,11,16H2,1H3,(H,17,18);3-6H,2H2,1H3;3-6H2,1-2H3. The minimum absolute atomic E-state index is 0.196. The summed E-state index contributed by atoms with van der Waals surface area (Å²) in [4.78, 5) is 4.26. The molecule has 0 aliphatic heterocycles. The topological polar surface area (TPSA) is 50.4 Å². The van der Waals surface area contributed by atoms with Crippen LogP contribution in [0.15, 0.2) is 95.8 Å². The maximum atomic E-state index is 12.3. The average molecular weight is 450 g/mol. The molecule has 178 valence electrons. The van der Waals surface area contributed by atoms with Gasteiger partial charge in [0.05, 0.1) is 0 Å². The van der Waals surface area contributed by atoms with Gasteiger partial charge >= 0.3 is 0 Å². The van der Waals surface area contributed by atoms with Crippen molar-refractivity contribution in [1.82, 2.24) is 5.32 Å². The highest BCUT2D eigenvalue weighted by molar-refractivity contribution is 6.02. The highest BCUT2D eigenvalue weighted by Crippen LogP contribution is 2.20. The molecule has 0 heterocycles. The normalized spacial score (nSPS) is 14.9. The second-order valence-corrected chi connectivity index (χ2v) is 7.96. The van der Waals surface area contributed by atoms with Crippen LogP contribution >= 0.6 is 0 Å². The van der Waals surface area contributed by atoms with Gasteiger partial charge in [0.25, 0.3) is 0 Å². The first-order chi connectivity index (χ1) is 15.9. The molecule has 1 aliphatic rings. The van der Waals surface area contributed by atoms with Crippen molar-refractivity contribution < 1.29 is 4.39 Å². The lowest BCUT2D eigenvalue weighted by Gasteiger charge is -2.11. The summed E-state index contributed by atoms with van der Waals surface area (Å²) >= 11 is 0. The van der Waals surface area contributed by atoms with Crippen LogP contribution in [0.4, 0.5) is 10.1 Å². The van der Waals surface area contributed by atoms with Crippen LogP contribution in [0.5, 0.6) is 0 Å². The number of nitrogen functional groups attached to an aromatic ring is 1. The second kappa shape index (κ2) is 16.5. The number of benzene rings is 2. The number of rotatable bonds is 6. The summed E-state index contributed by atoms with van der Waals surface area (Å²) in [7, 11) is 1.76. The van der Waals surface area contributed by atoms with E-state index in [1.807, 2.05) is 49.4 Å². The van der Waals surface area contributed by atoms with Crippen LogP contribution in [0.1, 0.15) is 57.6 Å². The van der Waals surface area contributed by atoms with Gasteiger partial charge in [-0.1, -0.05) is 102 Å². The van der Waals surface area contributed by atoms with Crippen molar-refractivity contribution in [1.29, 1.82) is 0 Å². The SMILES string of the molecule is C=C1C=C(F)C=CC1C.CCCCCC.CN=C(NCc1ccccc1)c1ccccc1N. The number of hydrogen-bond acceptors (Lipinski definition) is 2. The Morgan fingerprint density at radius 2 is 1.64 bits per heavy atom. The molecule has 1 aliphatic carbocycles. The van der Waals surface area contributed by atoms with Crippen molar-refractivity contribution in [2.75, 3.05) is 12.8 Å². The molecule has 1 unspecified atom stereocenters. The summed E-state index contributed by atoms with van der Waals surface area (Å²) in [6.45, 7) is 10.9. The van der Waals surface area contributed by atoms with E-state index in [1.54, 1.807) is 13.1 Å². The van der Waals surface area contributed by atoms with Crippen LogP contribution in [0.2, 0.25) is 0 Å². The Hall–Kier alpha value is -3.14. The predicted octanol–water partition coefficient (Wildman–Crippen LogP) is 7.62. The van der Waals surface area contributed by atoms with Crippen LogP contribution in [-0.4, -0.2) is 12.9 Å². The van der Waals surface area contributed by atoms with E-state index in [2.05, 4.69) is 42.9 Å². The molecule has 0 spiro atoms. The van der Waals surface area contributed by atoms with E-state index in [0.717, 1.165) is 29.2 Å². The van der Waals surface area contributed by atoms with Gasteiger partial charge in [-0.3, -0.25) is 4.99 Å². The molecular weight excluding hydrogens is 409 g/mol. The molecule has 3 N–H and O–H groups in total. The third kappa shape index (κ3) is 11.3. The molecule has 0 fully saturated rings. The minimum Gasteiger partial charge on any atom is -0.398 e. The summed E-state index contributed by atoms with van der Waals surface area (Å²) in [6.07, 6.45) is 10.3. The van der Waals surface area contributed by atoms with Gasteiger partial charge in [0.1, 0.15) is 11.7 Å². The van der Waals surface area contributed by atoms with Gasteiger partial charge < -0.3 is 11.1 Å². The Kier molecular flexibility index (Phi) is 13.9. The maximum Gasteiger partial charge on any atom is 0.130 e. The zero-order valence-electron chi connectivity index (χ0n) is 20.7. The lowest BCUT2D eigenvalue weighted by Crippen LogP contribution is -2.24. The first kappa shape index (κ1) is 27.9. The van der Waals surface area contributed by atoms with Gasteiger partial charge in [-0.05, 0) is 41.3 Å². The molecule has 2 aromatic rings. The molecule has 33 heavy (non-hydrogen) atoms. The van der Waals surface area contributed by atoms with Gasteiger partial charge in [0.2, 0.25) is 0 Å². The molecule has 3 rings (SSSR count). The van der Waals surface area contributed by atoms with Crippen molar-refractivity contribution >= 4 is 11.5 Å². The van der Waals surface area contributed by atoms with E-state index in [9.17, 15) is 4.39 Å². The molecule has 0 amide bonds. The van der Waals surface area contributed by atoms with Crippen LogP contribution < -0.4 is 11.1 Å². The van der Waals surface area contributed by atoms with E-state index in [4.69, 9.17) is 5.73 Å². The Morgan fingerprint density at radius 3 is 2.15 bits per heavy atom. The maximum absolute atomic E-state index is 12.3. The molecule has 0 saturated carbocycles. The number of unbranched alkanes of at least 4 members (excludes halogenated alkanes) is 3. The fourth-order valence-electron chi connectivity index (χ4n) is 3.01. The zero-order valence-corrected chi connectivity index (χ0v) is 20.7. The number of halogens is 1. The number of hydrogen-bond donors (Lipinski definition) is 2. The highest BCUT2D eigenvalue weighted by atomic mass is 19.1. The van der Waals surface area contributed by atoms with Crippen LogP contribution in [0.3, 0.4) is 0 Å². The number of nitrogens with one attached hydrogen (secondary N) is 1. The number of allylic oxidation sites excluding steroid dienone is 5. The van der Waals surface area contributed by atoms with Gasteiger partial charge in [-0.25, -0.2) is 4.39 Å². The lowest BCUT2D eigenvalue weighted by atomic mass is 9.98. The highest BCUT2D eigenvalue weighted by Gasteiger charge is 2.06. The van der Waals surface area contributed by atoms with Crippen LogP contribution in [0.25, 0.3) is 0 Å². The first-order valence-corrected chi connectivity index (χ1v) is 11.8. The average Bonchev–Trinajstić information content (AvgIpc) is 2.83. The van der Waals surface area contributed by atoms with Gasteiger partial charge in [-0.15, -0.1) is 0 Å². The monoisotopic (exact) mass is 449 g/mol. The minimum atomic E-state index is -0.196. The smallest absolute Gasteiger partial charge is 0.130 e. The number of aliphatic imine (C=N–C) groups is 1. The van der Waals surface area contributed by atoms with Crippen molar-refractivity contribution in [3.8, 4) is 0 Å². The van der Waals surface area contributed by atoms with Crippen LogP contribution in [-0.2, 0) is 6.54 Å². The van der Waals surface area contributed by atoms with Crippen molar-refractivity contribution in [3.05, 3.63) is 102 Å². The summed E-state index contributed by atoms with van der Waals surface area (Å²) in [5.41, 5.74) is 9.68. The Labute approximate surface area is 200 Å². The number of nitrogens with zero attached hydrogens (tertiary/aromatic N) is 1. The Balaban J connectivity index is 0.000000301. The molecule has 0 radical (unpaired) electrons. The molecule has 2 aromatic carbocycles. The zero-order chi connectivity index (χ0) is 24.5. The Morgan fingerprint density at radius 1 is 1.03 bits per heavy atom.